The van der Waals surface area contributed by atoms with Gasteiger partial charge in [-0.1, -0.05) is 63.8 Å². The maximum Gasteiger partial charge on any atom is 0.327 e. The zero-order chi connectivity index (χ0) is 44.1. The Hall–Kier alpha value is -3.89. The van der Waals surface area contributed by atoms with Gasteiger partial charge in [-0.25, -0.2) is 0 Å². The summed E-state index contributed by atoms with van der Waals surface area (Å²) in [4.78, 5) is 78.5. The second-order valence-electron chi connectivity index (χ2n) is 18.7. The van der Waals surface area contributed by atoms with Crippen molar-refractivity contribution in [3.8, 4) is 0 Å². The van der Waals surface area contributed by atoms with Gasteiger partial charge in [-0.2, -0.15) is 5.06 Å². The minimum atomic E-state index is -1.46. The van der Waals surface area contributed by atoms with Crippen molar-refractivity contribution in [1.82, 2.24) is 20.2 Å². The van der Waals surface area contributed by atoms with E-state index in [0.717, 1.165) is 49.7 Å². The van der Waals surface area contributed by atoms with Crippen molar-refractivity contribution < 1.29 is 52.9 Å². The van der Waals surface area contributed by atoms with Crippen LogP contribution >= 0.6 is 0 Å². The number of benzene rings is 1. The molecule has 5 fully saturated rings. The van der Waals surface area contributed by atoms with Gasteiger partial charge >= 0.3 is 11.9 Å². The number of hydroxylamine groups is 2. The molecule has 15 heteroatoms. The molecule has 1 aromatic rings. The van der Waals surface area contributed by atoms with Crippen molar-refractivity contribution in [1.29, 1.82) is 0 Å². The first-order valence-electron chi connectivity index (χ1n) is 22.5. The van der Waals surface area contributed by atoms with Crippen LogP contribution in [0.15, 0.2) is 30.3 Å². The summed E-state index contributed by atoms with van der Waals surface area (Å²) in [6.07, 6.45) is 8.57. The average molecular weight is 853 g/mol. The van der Waals surface area contributed by atoms with Crippen LogP contribution in [0.3, 0.4) is 0 Å². The molecule has 6 rings (SSSR count). The minimum absolute atomic E-state index is 0.00219. The third-order valence-electron chi connectivity index (χ3n) is 12.7. The number of hydrogen-bond donors (Lipinski definition) is 2. The first kappa shape index (κ1) is 46.6. The Balaban J connectivity index is 1.30. The number of fused-ring (bicyclic) bond motifs is 4. The van der Waals surface area contributed by atoms with Crippen molar-refractivity contribution in [2.24, 2.45) is 5.41 Å². The number of nitrogens with zero attached hydrogens (tertiary/aromatic N) is 3. The standard InChI is InChI=1S/C46H68N4O11/c1-8-10-12-24-45(25-13-11-9-2)59-37-34-27-46(43(56)49-26-14-15-33(49)41(54)47-32(29-51)21-23-36(53)58-44(3,4)5)39(42(55)57-34)50(61-40(46)38(37)60-45)28-31-18-16-30(17-19-31)20-22-35(52)48(6)7/h16-20,22,32-34,37-40,51H,8-15,21,23-29H2,1-7H3,(H,47,54). The summed E-state index contributed by atoms with van der Waals surface area (Å²) in [7, 11) is 3.37. The van der Waals surface area contributed by atoms with E-state index in [9.17, 15) is 24.3 Å². The second-order valence-corrected chi connectivity index (χ2v) is 18.7. The molecule has 5 aliphatic rings. The van der Waals surface area contributed by atoms with Gasteiger partial charge in [0.25, 0.3) is 0 Å². The molecule has 3 amide bonds. The monoisotopic (exact) mass is 852 g/mol. The summed E-state index contributed by atoms with van der Waals surface area (Å²) in [5, 5.41) is 14.6. The molecule has 61 heavy (non-hydrogen) atoms. The normalized spacial score (nSPS) is 28.4. The van der Waals surface area contributed by atoms with Crippen molar-refractivity contribution in [2.75, 3.05) is 27.2 Å². The van der Waals surface area contributed by atoms with Crippen molar-refractivity contribution >= 4 is 35.7 Å². The quantitative estimate of drug-likeness (QED) is 0.111. The summed E-state index contributed by atoms with van der Waals surface area (Å²) in [6.45, 7) is 9.65. The Morgan fingerprint density at radius 2 is 1.69 bits per heavy atom. The fourth-order valence-electron chi connectivity index (χ4n) is 9.65. The number of aliphatic hydroxyl groups is 1. The van der Waals surface area contributed by atoms with Gasteiger partial charge in [0.15, 0.2) is 11.8 Å². The van der Waals surface area contributed by atoms with Gasteiger partial charge in [0, 0.05) is 52.4 Å². The molecule has 4 saturated heterocycles. The predicted octanol–water partition coefficient (Wildman–Crippen LogP) is 4.82. The first-order chi connectivity index (χ1) is 29.0. The summed E-state index contributed by atoms with van der Waals surface area (Å²) in [6, 6.07) is 4.79. The van der Waals surface area contributed by atoms with Crippen LogP contribution in [0.4, 0.5) is 0 Å². The highest BCUT2D eigenvalue weighted by Gasteiger charge is 2.77. The minimum Gasteiger partial charge on any atom is -0.460 e. The maximum absolute atomic E-state index is 15.5. The fourth-order valence-corrected chi connectivity index (χ4v) is 9.65. The molecule has 15 nitrogen and oxygen atoms in total. The lowest BCUT2D eigenvalue weighted by atomic mass is 9.62. The molecule has 8 atom stereocenters. The number of aliphatic hydroxyl groups excluding tert-OH is 1. The molecular formula is C46H68N4O11. The van der Waals surface area contributed by atoms with Crippen molar-refractivity contribution in [3.63, 3.8) is 0 Å². The highest BCUT2D eigenvalue weighted by molar-refractivity contribution is 5.97. The van der Waals surface area contributed by atoms with Crippen LogP contribution in [0.5, 0.6) is 0 Å². The van der Waals surface area contributed by atoms with E-state index in [-0.39, 0.29) is 44.2 Å². The molecule has 1 aromatic carbocycles. The third kappa shape index (κ3) is 10.3. The zero-order valence-electron chi connectivity index (χ0n) is 37.2. The molecule has 1 aliphatic carbocycles. The zero-order valence-corrected chi connectivity index (χ0v) is 37.2. The molecule has 1 saturated carbocycles. The number of likely N-dealkylation sites (N-methyl/N-ethyl adjacent to an activating group) is 1. The fraction of sp³-hybridized carbons (Fsp3) is 0.717. The number of likely N-dealkylation sites (tertiary alicyclic amines) is 1. The number of carbonyl (C=O) groups is 5. The molecule has 4 heterocycles. The second kappa shape index (κ2) is 19.7. The lowest BCUT2D eigenvalue weighted by molar-refractivity contribution is -0.225. The number of esters is 2. The van der Waals surface area contributed by atoms with Crippen molar-refractivity contribution in [3.05, 3.63) is 41.5 Å². The molecule has 2 N–H and O–H groups in total. The largest absolute Gasteiger partial charge is 0.460 e. The topological polar surface area (TPSA) is 173 Å². The molecular weight excluding hydrogens is 785 g/mol. The lowest BCUT2D eigenvalue weighted by Crippen LogP contribution is -2.70. The van der Waals surface area contributed by atoms with Gasteiger partial charge in [0.1, 0.15) is 41.5 Å². The molecule has 8 unspecified atom stereocenters. The summed E-state index contributed by atoms with van der Waals surface area (Å²) < 4.78 is 25.6. The van der Waals surface area contributed by atoms with Crippen molar-refractivity contribution in [2.45, 2.75) is 179 Å². The van der Waals surface area contributed by atoms with Crippen LogP contribution < -0.4 is 5.32 Å². The van der Waals surface area contributed by atoms with Crippen LogP contribution in [0.2, 0.25) is 0 Å². The van der Waals surface area contributed by atoms with Crippen LogP contribution in [0, 0.1) is 5.41 Å². The SMILES string of the molecule is CCCCCC1(CCCCC)OC2C3CC4(C(=O)N5CCCC5C(=O)NC(CO)CCC(=O)OC(C)(C)C)C(ON(Cc5ccc(C=CC(=O)N(C)C)cc5)C4C(=O)O3)C2O1. The van der Waals surface area contributed by atoms with Crippen LogP contribution in [0.25, 0.3) is 6.08 Å². The summed E-state index contributed by atoms with van der Waals surface area (Å²) in [5.41, 5.74) is -0.506. The van der Waals surface area contributed by atoms with Crippen LogP contribution in [-0.2, 0) is 54.3 Å². The van der Waals surface area contributed by atoms with Gasteiger partial charge in [-0.3, -0.25) is 28.8 Å². The molecule has 0 spiro atoms. The summed E-state index contributed by atoms with van der Waals surface area (Å²) in [5.74, 6) is -2.90. The van der Waals surface area contributed by atoms with Crippen LogP contribution in [-0.4, -0.2) is 131 Å². The van der Waals surface area contributed by atoms with E-state index in [1.807, 2.05) is 24.3 Å². The van der Waals surface area contributed by atoms with E-state index < -0.39 is 83.8 Å². The first-order valence-corrected chi connectivity index (χ1v) is 22.5. The smallest absolute Gasteiger partial charge is 0.327 e. The Kier molecular flexibility index (Phi) is 15.0. The Labute approximate surface area is 360 Å². The molecule has 0 radical (unpaired) electrons. The van der Waals surface area contributed by atoms with E-state index in [0.29, 0.717) is 25.7 Å². The molecule has 338 valence electrons. The van der Waals surface area contributed by atoms with Gasteiger partial charge in [0.05, 0.1) is 19.2 Å². The summed E-state index contributed by atoms with van der Waals surface area (Å²) >= 11 is 0. The number of amides is 3. The maximum atomic E-state index is 15.5. The number of hydrogen-bond acceptors (Lipinski definition) is 12. The van der Waals surface area contributed by atoms with Gasteiger partial charge in [-0.15, -0.1) is 0 Å². The third-order valence-corrected chi connectivity index (χ3v) is 12.7. The van der Waals surface area contributed by atoms with Gasteiger partial charge in [-0.05, 0) is 70.1 Å². The number of nitrogens with one attached hydrogen (secondary N) is 1. The predicted molar refractivity (Wildman–Crippen MR) is 225 cm³/mol. The van der Waals surface area contributed by atoms with Crippen LogP contribution in [0.1, 0.15) is 129 Å². The Morgan fingerprint density at radius 1 is 1.02 bits per heavy atom. The number of rotatable bonds is 19. The molecule has 0 aromatic heterocycles. The number of carbonyl (C=O) groups excluding carboxylic acids is 5. The average Bonchev–Trinajstić information content (AvgIpc) is 3.94. The Morgan fingerprint density at radius 3 is 2.31 bits per heavy atom. The highest BCUT2D eigenvalue weighted by atomic mass is 16.8. The van der Waals surface area contributed by atoms with E-state index in [4.69, 9.17) is 23.8 Å². The van der Waals surface area contributed by atoms with E-state index in [1.165, 1.54) is 11.0 Å². The molecule has 2 bridgehead atoms. The number of unbranched alkanes of at least 4 members (excludes halogenated alkanes) is 4. The van der Waals surface area contributed by atoms with Gasteiger partial charge in [0.2, 0.25) is 17.7 Å². The van der Waals surface area contributed by atoms with E-state index in [1.54, 1.807) is 50.9 Å². The van der Waals surface area contributed by atoms with E-state index >= 15 is 4.79 Å². The molecule has 4 aliphatic heterocycles. The lowest BCUT2D eigenvalue weighted by Gasteiger charge is -2.50. The Bertz CT molecular complexity index is 1750. The van der Waals surface area contributed by atoms with E-state index in [2.05, 4.69) is 19.2 Å². The highest BCUT2D eigenvalue weighted by Crippen LogP contribution is 2.59. The number of ether oxygens (including phenoxy) is 4. The van der Waals surface area contributed by atoms with Gasteiger partial charge < -0.3 is 39.2 Å².